The Hall–Kier alpha value is -3.18. The third kappa shape index (κ3) is 4.58. The number of phenols is 1. The van der Waals surface area contributed by atoms with Crippen LogP contribution in [0.25, 0.3) is 22.8 Å². The Kier molecular flexibility index (Phi) is 6.63. The van der Waals surface area contributed by atoms with Crippen LogP contribution in [-0.4, -0.2) is 41.2 Å². The first kappa shape index (κ1) is 22.6. The number of nitrogens with zero attached hydrogens (tertiary/aromatic N) is 1. The van der Waals surface area contributed by atoms with Gasteiger partial charge in [0.15, 0.2) is 0 Å². The zero-order chi connectivity index (χ0) is 23.5. The van der Waals surface area contributed by atoms with E-state index in [4.69, 9.17) is 4.74 Å². The minimum absolute atomic E-state index is 0.388. The number of para-hydroxylation sites is 1. The lowest BCUT2D eigenvalue weighted by Crippen LogP contribution is -2.33. The summed E-state index contributed by atoms with van der Waals surface area (Å²) in [6.45, 7) is 8.71. The van der Waals surface area contributed by atoms with Crippen LogP contribution in [0.15, 0.2) is 48.7 Å². The molecule has 2 aliphatic rings. The molecule has 0 radical (unpaired) electrons. The van der Waals surface area contributed by atoms with Gasteiger partial charge in [0.1, 0.15) is 17.3 Å². The fraction of sp³-hybridized carbons (Fsp3) is 0.379. The van der Waals surface area contributed by atoms with Crippen molar-refractivity contribution in [1.29, 1.82) is 0 Å². The molecule has 3 heterocycles. The highest BCUT2D eigenvalue weighted by molar-refractivity contribution is 5.96. The lowest BCUT2D eigenvalue weighted by molar-refractivity contribution is 0.173. The van der Waals surface area contributed by atoms with Crippen molar-refractivity contribution in [3.8, 4) is 22.6 Å². The maximum Gasteiger partial charge on any atom is 0.127 e. The Morgan fingerprint density at radius 2 is 1.88 bits per heavy atom. The molecule has 0 aliphatic carbocycles. The molecule has 34 heavy (non-hydrogen) atoms. The first-order valence-corrected chi connectivity index (χ1v) is 12.6. The maximum atomic E-state index is 10.6. The number of nitrogens with one attached hydrogen (secondary N) is 2. The van der Waals surface area contributed by atoms with Gasteiger partial charge in [-0.25, -0.2) is 0 Å². The summed E-state index contributed by atoms with van der Waals surface area (Å²) in [5.74, 6) is 3.17. The topological polar surface area (TPSA) is 60.5 Å². The van der Waals surface area contributed by atoms with E-state index in [9.17, 15) is 5.11 Å². The number of hydrogen-bond donors (Lipinski definition) is 3. The normalized spacial score (nSPS) is 16.6. The van der Waals surface area contributed by atoms with E-state index < -0.39 is 0 Å². The molecule has 0 bridgehead atoms. The first-order valence-electron chi connectivity index (χ1n) is 12.6. The molecule has 0 saturated carbocycles. The van der Waals surface area contributed by atoms with Crippen molar-refractivity contribution in [3.63, 3.8) is 0 Å². The van der Waals surface area contributed by atoms with Gasteiger partial charge in [-0.05, 0) is 74.2 Å². The number of ether oxygens (including phenoxy) is 1. The average molecular weight is 458 g/mol. The Bertz CT molecular complexity index is 1170. The van der Waals surface area contributed by atoms with Gasteiger partial charge in [-0.2, -0.15) is 0 Å². The highest BCUT2D eigenvalue weighted by Gasteiger charge is 2.21. The minimum Gasteiger partial charge on any atom is -0.508 e. The van der Waals surface area contributed by atoms with Crippen molar-refractivity contribution < 1.29 is 9.84 Å². The number of fused-ring (bicyclic) bond motifs is 1. The Morgan fingerprint density at radius 1 is 1.06 bits per heavy atom. The van der Waals surface area contributed by atoms with Gasteiger partial charge in [0.25, 0.3) is 0 Å². The molecular formula is C29H35N3O2. The average Bonchev–Trinajstić information content (AvgIpc) is 3.29. The number of anilines is 1. The van der Waals surface area contributed by atoms with Crippen LogP contribution in [0.5, 0.6) is 11.5 Å². The van der Waals surface area contributed by atoms with Gasteiger partial charge in [0, 0.05) is 41.5 Å². The molecule has 0 atom stereocenters. The standard InChI is InChI=1S/C29H35N3O2/c1-3-20-11-13-32(14-12-20)19-23-15-21(9-10-27(23)33)22-16-25-26(18-31-29(25)30-17-22)24-7-5-6-8-28(24)34-4-2/h5-10,15-16,18,20,30-31,33H,3-4,11-14,17,19H2,1-2H3. The highest BCUT2D eigenvalue weighted by atomic mass is 16.5. The summed E-state index contributed by atoms with van der Waals surface area (Å²) in [7, 11) is 0. The molecule has 5 nitrogen and oxygen atoms in total. The van der Waals surface area contributed by atoms with Crippen LogP contribution in [0.2, 0.25) is 0 Å². The summed E-state index contributed by atoms with van der Waals surface area (Å²) in [6.07, 6.45) is 8.11. The van der Waals surface area contributed by atoms with Crippen molar-refractivity contribution >= 4 is 17.5 Å². The van der Waals surface area contributed by atoms with Crippen molar-refractivity contribution in [2.45, 2.75) is 39.7 Å². The molecule has 3 aromatic rings. The molecule has 5 rings (SSSR count). The lowest BCUT2D eigenvalue weighted by atomic mass is 9.93. The maximum absolute atomic E-state index is 10.6. The largest absolute Gasteiger partial charge is 0.508 e. The van der Waals surface area contributed by atoms with Crippen LogP contribution in [0, 0.1) is 5.92 Å². The van der Waals surface area contributed by atoms with Gasteiger partial charge in [-0.3, -0.25) is 4.90 Å². The number of phenolic OH excluding ortho intramolecular Hbond substituents is 1. The molecular weight excluding hydrogens is 422 g/mol. The van der Waals surface area contributed by atoms with Gasteiger partial charge in [0.05, 0.1) is 6.61 Å². The predicted octanol–water partition coefficient (Wildman–Crippen LogP) is 6.37. The molecule has 3 N–H and O–H groups in total. The van der Waals surface area contributed by atoms with Gasteiger partial charge in [-0.1, -0.05) is 37.6 Å². The summed E-state index contributed by atoms with van der Waals surface area (Å²) in [5, 5.41) is 14.1. The Balaban J connectivity index is 1.42. The van der Waals surface area contributed by atoms with E-state index in [-0.39, 0.29) is 0 Å². The zero-order valence-corrected chi connectivity index (χ0v) is 20.2. The fourth-order valence-electron chi connectivity index (χ4n) is 5.22. The summed E-state index contributed by atoms with van der Waals surface area (Å²) >= 11 is 0. The van der Waals surface area contributed by atoms with E-state index in [0.717, 1.165) is 71.5 Å². The van der Waals surface area contributed by atoms with Crippen LogP contribution in [0.3, 0.4) is 0 Å². The number of H-pyrrole nitrogens is 1. The molecule has 0 amide bonds. The van der Waals surface area contributed by atoms with Crippen molar-refractivity contribution in [2.75, 3.05) is 31.6 Å². The van der Waals surface area contributed by atoms with Gasteiger partial charge in [0.2, 0.25) is 0 Å². The van der Waals surface area contributed by atoms with Crippen LogP contribution in [0.4, 0.5) is 5.82 Å². The van der Waals surface area contributed by atoms with Gasteiger partial charge >= 0.3 is 0 Å². The van der Waals surface area contributed by atoms with E-state index in [1.54, 1.807) is 0 Å². The molecule has 5 heteroatoms. The number of aromatic nitrogens is 1. The van der Waals surface area contributed by atoms with E-state index in [1.807, 2.05) is 37.3 Å². The van der Waals surface area contributed by atoms with Crippen molar-refractivity contribution in [2.24, 2.45) is 5.92 Å². The van der Waals surface area contributed by atoms with Gasteiger partial charge < -0.3 is 20.1 Å². The number of aromatic hydroxyl groups is 1. The highest BCUT2D eigenvalue weighted by Crippen LogP contribution is 2.40. The molecule has 1 aromatic heterocycles. The number of likely N-dealkylation sites (tertiary alicyclic amines) is 1. The minimum atomic E-state index is 0.388. The first-order chi connectivity index (χ1) is 16.7. The summed E-state index contributed by atoms with van der Waals surface area (Å²) < 4.78 is 5.89. The zero-order valence-electron chi connectivity index (χ0n) is 20.2. The Morgan fingerprint density at radius 3 is 2.68 bits per heavy atom. The number of benzene rings is 2. The van der Waals surface area contributed by atoms with Crippen molar-refractivity contribution in [1.82, 2.24) is 9.88 Å². The second-order valence-corrected chi connectivity index (χ2v) is 9.41. The lowest BCUT2D eigenvalue weighted by Gasteiger charge is -2.31. The third-order valence-electron chi connectivity index (χ3n) is 7.30. The number of hydrogen-bond acceptors (Lipinski definition) is 4. The van der Waals surface area contributed by atoms with Gasteiger partial charge in [-0.15, -0.1) is 0 Å². The second kappa shape index (κ2) is 9.98. The van der Waals surface area contributed by atoms with E-state index >= 15 is 0 Å². The summed E-state index contributed by atoms with van der Waals surface area (Å²) in [6, 6.07) is 14.2. The molecule has 2 aliphatic heterocycles. The molecule has 0 unspecified atom stereocenters. The smallest absolute Gasteiger partial charge is 0.127 e. The number of piperidine rings is 1. The molecule has 2 aromatic carbocycles. The molecule has 1 fully saturated rings. The fourth-order valence-corrected chi connectivity index (χ4v) is 5.22. The second-order valence-electron chi connectivity index (χ2n) is 9.41. The van der Waals surface area contributed by atoms with Crippen LogP contribution >= 0.6 is 0 Å². The SMILES string of the molecule is CCOc1ccccc1-c1c[nH]c2c1C=C(c1ccc(O)c(CN3CCC(CC)CC3)c1)CN2. The Labute approximate surface area is 202 Å². The van der Waals surface area contributed by atoms with E-state index in [1.165, 1.54) is 24.8 Å². The van der Waals surface area contributed by atoms with E-state index in [2.05, 4.69) is 46.5 Å². The third-order valence-corrected chi connectivity index (χ3v) is 7.30. The monoisotopic (exact) mass is 457 g/mol. The molecule has 0 spiro atoms. The number of aromatic amines is 1. The summed E-state index contributed by atoms with van der Waals surface area (Å²) in [5.41, 5.74) is 6.73. The van der Waals surface area contributed by atoms with E-state index in [0.29, 0.717) is 12.4 Å². The number of rotatable bonds is 7. The van der Waals surface area contributed by atoms with Crippen LogP contribution < -0.4 is 10.1 Å². The molecule has 178 valence electrons. The van der Waals surface area contributed by atoms with Crippen LogP contribution in [-0.2, 0) is 6.54 Å². The quantitative estimate of drug-likeness (QED) is 0.386. The summed E-state index contributed by atoms with van der Waals surface area (Å²) in [4.78, 5) is 5.87. The van der Waals surface area contributed by atoms with Crippen molar-refractivity contribution in [3.05, 3.63) is 65.4 Å². The van der Waals surface area contributed by atoms with Crippen LogP contribution in [0.1, 0.15) is 49.8 Å². The predicted molar refractivity (Wildman–Crippen MR) is 140 cm³/mol. The molecule has 1 saturated heterocycles.